The molecule has 12 heavy (non-hydrogen) atoms. The number of nitrogens with one attached hydrogen (secondary N) is 2. The Morgan fingerprint density at radius 1 is 1.92 bits per heavy atom. The molecule has 1 heterocycles. The first-order chi connectivity index (χ1) is 5.74. The second-order valence-electron chi connectivity index (χ2n) is 2.28. The molecule has 0 radical (unpaired) electrons. The molecule has 0 spiro atoms. The van der Waals surface area contributed by atoms with Crippen LogP contribution in [-0.2, 0) is 0 Å². The zero-order valence-corrected chi connectivity index (χ0v) is 6.65. The highest BCUT2D eigenvalue weighted by Crippen LogP contribution is 2.09. The van der Waals surface area contributed by atoms with Gasteiger partial charge in [0, 0.05) is 12.4 Å². The number of rotatable bonds is 2. The molecule has 0 saturated heterocycles. The molecule has 5 N–H and O–H groups in total. The Bertz CT molecular complexity index is 255. The van der Waals surface area contributed by atoms with Crippen LogP contribution in [0.25, 0.3) is 0 Å². The van der Waals surface area contributed by atoms with Gasteiger partial charge in [-0.25, -0.2) is 15.5 Å². The van der Waals surface area contributed by atoms with E-state index in [4.69, 9.17) is 10.9 Å². The molecule has 0 saturated carbocycles. The second-order valence-corrected chi connectivity index (χ2v) is 2.28. The summed E-state index contributed by atoms with van der Waals surface area (Å²) < 4.78 is 0. The van der Waals surface area contributed by atoms with Crippen molar-refractivity contribution in [3.8, 4) is 0 Å². The summed E-state index contributed by atoms with van der Waals surface area (Å²) >= 11 is 0. The fourth-order valence-corrected chi connectivity index (χ4v) is 0.805. The molecule has 0 aliphatic rings. The number of aliphatic imine (C=N–C) groups is 1. The molecule has 66 valence electrons. The first-order valence-corrected chi connectivity index (χ1v) is 3.46. The maximum atomic E-state index is 8.34. The van der Waals surface area contributed by atoms with Crippen molar-refractivity contribution in [1.82, 2.24) is 15.4 Å². The van der Waals surface area contributed by atoms with E-state index in [-0.39, 0.29) is 12.0 Å². The SMILES string of the molecule is CC(N=C(N)NO)c1ncc[nH]1. The molecule has 6 nitrogen and oxygen atoms in total. The Balaban J connectivity index is 2.66. The molecule has 0 amide bonds. The second kappa shape index (κ2) is 3.72. The molecule has 1 rings (SSSR count). The lowest BCUT2D eigenvalue weighted by atomic mass is 10.3. The normalized spacial score (nSPS) is 14.3. The number of nitrogens with zero attached hydrogens (tertiary/aromatic N) is 2. The molecule has 0 bridgehead atoms. The summed E-state index contributed by atoms with van der Waals surface area (Å²) in [5.41, 5.74) is 6.97. The number of H-pyrrole nitrogens is 1. The van der Waals surface area contributed by atoms with Crippen molar-refractivity contribution in [3.63, 3.8) is 0 Å². The molecule has 1 unspecified atom stereocenters. The molecule has 1 aromatic heterocycles. The summed E-state index contributed by atoms with van der Waals surface area (Å²) in [6.45, 7) is 1.81. The van der Waals surface area contributed by atoms with E-state index in [9.17, 15) is 0 Å². The van der Waals surface area contributed by atoms with Crippen LogP contribution in [0.15, 0.2) is 17.4 Å². The van der Waals surface area contributed by atoms with Crippen molar-refractivity contribution in [2.24, 2.45) is 10.7 Å². The number of imidazole rings is 1. The lowest BCUT2D eigenvalue weighted by molar-refractivity contribution is 0.232. The number of hydroxylamine groups is 1. The molecular weight excluding hydrogens is 158 g/mol. The topological polar surface area (TPSA) is 99.3 Å². The number of hydrogen-bond donors (Lipinski definition) is 4. The Hall–Kier alpha value is -1.56. The quantitative estimate of drug-likeness (QED) is 0.279. The fraction of sp³-hybridized carbons (Fsp3) is 0.333. The van der Waals surface area contributed by atoms with E-state index in [0.717, 1.165) is 0 Å². The van der Waals surface area contributed by atoms with E-state index in [1.807, 2.05) is 6.92 Å². The molecule has 6 heteroatoms. The number of guanidine groups is 1. The van der Waals surface area contributed by atoms with Crippen LogP contribution in [0.2, 0.25) is 0 Å². The van der Waals surface area contributed by atoms with Gasteiger partial charge in [0.15, 0.2) is 0 Å². The van der Waals surface area contributed by atoms with Gasteiger partial charge in [-0.1, -0.05) is 0 Å². The summed E-state index contributed by atoms with van der Waals surface area (Å²) in [7, 11) is 0. The van der Waals surface area contributed by atoms with Crippen LogP contribution in [0.3, 0.4) is 0 Å². The molecule has 1 aromatic rings. The predicted octanol–water partition coefficient (Wildman–Crippen LogP) is -0.236. The molecular formula is C6H11N5O. The minimum atomic E-state index is -0.195. The lowest BCUT2D eigenvalue weighted by Crippen LogP contribution is -2.28. The van der Waals surface area contributed by atoms with Crippen LogP contribution < -0.4 is 11.2 Å². The number of aromatic nitrogens is 2. The van der Waals surface area contributed by atoms with Crippen molar-refractivity contribution >= 4 is 5.96 Å². The fourth-order valence-electron chi connectivity index (χ4n) is 0.805. The highest BCUT2D eigenvalue weighted by molar-refractivity contribution is 5.76. The zero-order chi connectivity index (χ0) is 8.97. The van der Waals surface area contributed by atoms with Gasteiger partial charge in [-0.3, -0.25) is 5.21 Å². The third kappa shape index (κ3) is 1.96. The van der Waals surface area contributed by atoms with Crippen LogP contribution in [0.4, 0.5) is 0 Å². The van der Waals surface area contributed by atoms with Gasteiger partial charge in [0.1, 0.15) is 11.9 Å². The van der Waals surface area contributed by atoms with Crippen LogP contribution >= 0.6 is 0 Å². The van der Waals surface area contributed by atoms with E-state index >= 15 is 0 Å². The summed E-state index contributed by atoms with van der Waals surface area (Å²) in [4.78, 5) is 10.7. The van der Waals surface area contributed by atoms with Crippen molar-refractivity contribution in [3.05, 3.63) is 18.2 Å². The summed E-state index contributed by atoms with van der Waals surface area (Å²) in [5, 5.41) is 8.34. The van der Waals surface area contributed by atoms with Gasteiger partial charge in [-0.15, -0.1) is 0 Å². The van der Waals surface area contributed by atoms with Crippen LogP contribution in [-0.4, -0.2) is 21.1 Å². The van der Waals surface area contributed by atoms with E-state index in [1.54, 1.807) is 17.9 Å². The number of aromatic amines is 1. The van der Waals surface area contributed by atoms with E-state index in [0.29, 0.717) is 5.82 Å². The van der Waals surface area contributed by atoms with Crippen LogP contribution in [0, 0.1) is 0 Å². The van der Waals surface area contributed by atoms with Crippen molar-refractivity contribution in [1.29, 1.82) is 0 Å². The number of hydrogen-bond acceptors (Lipinski definition) is 3. The van der Waals surface area contributed by atoms with Crippen molar-refractivity contribution in [2.45, 2.75) is 13.0 Å². The average molecular weight is 169 g/mol. The van der Waals surface area contributed by atoms with E-state index in [2.05, 4.69) is 15.0 Å². The monoisotopic (exact) mass is 169 g/mol. The van der Waals surface area contributed by atoms with E-state index in [1.165, 1.54) is 0 Å². The molecule has 0 fully saturated rings. The smallest absolute Gasteiger partial charge is 0.213 e. The van der Waals surface area contributed by atoms with Gasteiger partial charge >= 0.3 is 0 Å². The third-order valence-electron chi connectivity index (χ3n) is 1.36. The van der Waals surface area contributed by atoms with Gasteiger partial charge in [0.25, 0.3) is 0 Å². The van der Waals surface area contributed by atoms with Crippen LogP contribution in [0.5, 0.6) is 0 Å². The summed E-state index contributed by atoms with van der Waals surface area (Å²) in [5.74, 6) is 0.673. The average Bonchev–Trinajstić information content (AvgIpc) is 2.56. The van der Waals surface area contributed by atoms with Crippen molar-refractivity contribution < 1.29 is 5.21 Å². The molecule has 0 aliphatic carbocycles. The number of nitrogens with two attached hydrogens (primary N) is 1. The van der Waals surface area contributed by atoms with Crippen molar-refractivity contribution in [2.75, 3.05) is 0 Å². The summed E-state index contributed by atoms with van der Waals surface area (Å²) in [6, 6.07) is -0.195. The Morgan fingerprint density at radius 3 is 3.17 bits per heavy atom. The Kier molecular flexibility index (Phi) is 2.65. The first-order valence-electron chi connectivity index (χ1n) is 3.46. The highest BCUT2D eigenvalue weighted by Gasteiger charge is 2.05. The summed E-state index contributed by atoms with van der Waals surface area (Å²) in [6.07, 6.45) is 3.33. The maximum absolute atomic E-state index is 8.34. The Labute approximate surface area is 69.5 Å². The molecule has 0 aromatic carbocycles. The van der Waals surface area contributed by atoms with Crippen LogP contribution in [0.1, 0.15) is 18.8 Å². The predicted molar refractivity (Wildman–Crippen MR) is 43.5 cm³/mol. The van der Waals surface area contributed by atoms with Gasteiger partial charge in [-0.2, -0.15) is 0 Å². The zero-order valence-electron chi connectivity index (χ0n) is 6.65. The highest BCUT2D eigenvalue weighted by atomic mass is 16.5. The minimum Gasteiger partial charge on any atom is -0.368 e. The third-order valence-corrected chi connectivity index (χ3v) is 1.36. The Morgan fingerprint density at radius 2 is 2.67 bits per heavy atom. The minimum absolute atomic E-state index is 0.0288. The van der Waals surface area contributed by atoms with Gasteiger partial charge in [-0.05, 0) is 6.92 Å². The largest absolute Gasteiger partial charge is 0.368 e. The standard InChI is InChI=1S/C6H11N5O/c1-4(10-6(7)11-12)5-8-2-3-9-5/h2-4,12H,1H3,(H,8,9)(H3,7,10,11). The first kappa shape index (κ1) is 8.54. The molecule has 0 aliphatic heterocycles. The van der Waals surface area contributed by atoms with Gasteiger partial charge in [0.2, 0.25) is 5.96 Å². The maximum Gasteiger partial charge on any atom is 0.213 e. The van der Waals surface area contributed by atoms with Gasteiger partial charge < -0.3 is 10.7 Å². The van der Waals surface area contributed by atoms with Gasteiger partial charge in [0.05, 0.1) is 0 Å². The molecule has 1 atom stereocenters. The lowest BCUT2D eigenvalue weighted by Gasteiger charge is -2.03. The van der Waals surface area contributed by atoms with E-state index < -0.39 is 0 Å².